The number of amides is 1. The van der Waals surface area contributed by atoms with Crippen molar-refractivity contribution < 1.29 is 4.79 Å². The highest BCUT2D eigenvalue weighted by atomic mass is 32.2. The summed E-state index contributed by atoms with van der Waals surface area (Å²) in [6, 6.07) is 7.79. The predicted molar refractivity (Wildman–Crippen MR) is 86.5 cm³/mol. The monoisotopic (exact) mass is 303 g/mol. The van der Waals surface area contributed by atoms with Crippen LogP contribution in [0.4, 0.5) is 0 Å². The molecule has 1 N–H and O–H groups in total. The number of thioether (sulfide) groups is 1. The summed E-state index contributed by atoms with van der Waals surface area (Å²) in [7, 11) is 1.98. The Morgan fingerprint density at radius 1 is 1.43 bits per heavy atom. The molecule has 5 heteroatoms. The summed E-state index contributed by atoms with van der Waals surface area (Å²) < 4.78 is 1.99. The van der Waals surface area contributed by atoms with Gasteiger partial charge in [0.25, 0.3) is 5.91 Å². The average molecular weight is 303 g/mol. The van der Waals surface area contributed by atoms with Crippen molar-refractivity contribution in [3.05, 3.63) is 47.8 Å². The molecular formula is C16H21N3OS. The molecule has 0 aliphatic rings. The molecule has 1 aromatic heterocycles. The van der Waals surface area contributed by atoms with E-state index in [-0.39, 0.29) is 5.91 Å². The molecule has 0 unspecified atom stereocenters. The van der Waals surface area contributed by atoms with E-state index in [1.165, 1.54) is 0 Å². The van der Waals surface area contributed by atoms with Crippen molar-refractivity contribution in [3.63, 3.8) is 0 Å². The van der Waals surface area contributed by atoms with Gasteiger partial charge >= 0.3 is 0 Å². The van der Waals surface area contributed by atoms with Gasteiger partial charge in [0.1, 0.15) is 0 Å². The normalized spacial score (nSPS) is 10.6. The van der Waals surface area contributed by atoms with Crippen molar-refractivity contribution in [2.24, 2.45) is 7.05 Å². The van der Waals surface area contributed by atoms with Crippen molar-refractivity contribution in [1.82, 2.24) is 14.9 Å². The zero-order valence-corrected chi connectivity index (χ0v) is 13.3. The van der Waals surface area contributed by atoms with Gasteiger partial charge in [-0.2, -0.15) is 0 Å². The summed E-state index contributed by atoms with van der Waals surface area (Å²) in [4.78, 5) is 16.3. The predicted octanol–water partition coefficient (Wildman–Crippen LogP) is 3.24. The van der Waals surface area contributed by atoms with Gasteiger partial charge in [-0.15, -0.1) is 0 Å². The maximum absolute atomic E-state index is 12.0. The highest BCUT2D eigenvalue weighted by molar-refractivity contribution is 7.98. The lowest BCUT2D eigenvalue weighted by Gasteiger charge is -2.06. The van der Waals surface area contributed by atoms with E-state index in [1.807, 2.05) is 42.1 Å². The van der Waals surface area contributed by atoms with E-state index in [2.05, 4.69) is 17.2 Å². The lowest BCUT2D eigenvalue weighted by Crippen LogP contribution is -2.24. The third-order valence-electron chi connectivity index (χ3n) is 3.15. The maximum atomic E-state index is 12.0. The first-order chi connectivity index (χ1) is 10.2. The van der Waals surface area contributed by atoms with E-state index in [0.29, 0.717) is 0 Å². The van der Waals surface area contributed by atoms with Gasteiger partial charge in [0.05, 0.1) is 0 Å². The molecule has 21 heavy (non-hydrogen) atoms. The Balaban J connectivity index is 1.94. The van der Waals surface area contributed by atoms with Crippen LogP contribution in [-0.4, -0.2) is 22.0 Å². The Morgan fingerprint density at radius 3 is 3.00 bits per heavy atom. The van der Waals surface area contributed by atoms with Gasteiger partial charge in [-0.3, -0.25) is 4.79 Å². The number of rotatable bonds is 7. The highest BCUT2D eigenvalue weighted by Crippen LogP contribution is 2.20. The molecule has 2 rings (SSSR count). The van der Waals surface area contributed by atoms with Crippen LogP contribution < -0.4 is 5.32 Å². The Morgan fingerprint density at radius 2 is 2.29 bits per heavy atom. The largest absolute Gasteiger partial charge is 0.352 e. The number of imidazole rings is 1. The molecule has 1 heterocycles. The van der Waals surface area contributed by atoms with Crippen LogP contribution >= 0.6 is 11.8 Å². The number of aromatic nitrogens is 2. The fraction of sp³-hybridized carbons (Fsp3) is 0.375. The number of carbonyl (C=O) groups is 1. The van der Waals surface area contributed by atoms with Crippen molar-refractivity contribution in [1.29, 1.82) is 0 Å². The molecule has 1 amide bonds. The second kappa shape index (κ2) is 7.88. The molecule has 0 bridgehead atoms. The first-order valence-corrected chi connectivity index (χ1v) is 8.16. The number of aryl methyl sites for hydroxylation is 1. The fourth-order valence-corrected chi connectivity index (χ4v) is 2.80. The number of unbranched alkanes of at least 4 members (excludes halogenated alkanes) is 1. The van der Waals surface area contributed by atoms with Gasteiger partial charge in [0.15, 0.2) is 5.16 Å². The summed E-state index contributed by atoms with van der Waals surface area (Å²) in [5.74, 6) is 0.813. The molecule has 112 valence electrons. The van der Waals surface area contributed by atoms with Crippen LogP contribution in [0.25, 0.3) is 0 Å². The van der Waals surface area contributed by atoms with Gasteiger partial charge in [-0.1, -0.05) is 37.2 Å². The molecule has 0 aliphatic carbocycles. The maximum Gasteiger partial charge on any atom is 0.251 e. The van der Waals surface area contributed by atoms with Crippen LogP contribution in [0.5, 0.6) is 0 Å². The van der Waals surface area contributed by atoms with E-state index in [9.17, 15) is 4.79 Å². The van der Waals surface area contributed by atoms with Crippen LogP contribution in [0.1, 0.15) is 35.7 Å². The molecule has 4 nitrogen and oxygen atoms in total. The number of hydrogen-bond acceptors (Lipinski definition) is 3. The van der Waals surface area contributed by atoms with E-state index < -0.39 is 0 Å². The Hall–Kier alpha value is -1.75. The smallest absolute Gasteiger partial charge is 0.251 e. The average Bonchev–Trinajstić information content (AvgIpc) is 2.91. The van der Waals surface area contributed by atoms with Crippen molar-refractivity contribution in [3.8, 4) is 0 Å². The molecule has 0 saturated carbocycles. The molecule has 1 aromatic carbocycles. The van der Waals surface area contributed by atoms with Crippen molar-refractivity contribution in [2.45, 2.75) is 30.7 Å². The third-order valence-corrected chi connectivity index (χ3v) is 4.28. The topological polar surface area (TPSA) is 46.9 Å². The summed E-state index contributed by atoms with van der Waals surface area (Å²) in [5.41, 5.74) is 1.86. The lowest BCUT2D eigenvalue weighted by atomic mass is 10.1. The highest BCUT2D eigenvalue weighted by Gasteiger charge is 2.06. The van der Waals surface area contributed by atoms with Crippen molar-refractivity contribution in [2.75, 3.05) is 6.54 Å². The van der Waals surface area contributed by atoms with E-state index in [1.54, 1.807) is 18.0 Å². The van der Waals surface area contributed by atoms with Gasteiger partial charge < -0.3 is 9.88 Å². The molecule has 0 aliphatic heterocycles. The molecular weight excluding hydrogens is 282 g/mol. The van der Waals surface area contributed by atoms with E-state index >= 15 is 0 Å². The summed E-state index contributed by atoms with van der Waals surface area (Å²) in [6.45, 7) is 2.85. The minimum absolute atomic E-state index is 0.00675. The minimum Gasteiger partial charge on any atom is -0.352 e. The first kappa shape index (κ1) is 15.6. The van der Waals surface area contributed by atoms with E-state index in [0.717, 1.165) is 41.4 Å². The fourth-order valence-electron chi connectivity index (χ4n) is 1.92. The SMILES string of the molecule is CCCCNC(=O)c1cccc(CSc2nccn2C)c1. The van der Waals surface area contributed by atoms with Crippen LogP contribution in [0, 0.1) is 0 Å². The molecule has 0 saturated heterocycles. The number of benzene rings is 1. The zero-order chi connectivity index (χ0) is 15.1. The summed E-state index contributed by atoms with van der Waals surface area (Å²) in [5, 5.41) is 3.92. The first-order valence-electron chi connectivity index (χ1n) is 7.18. The molecule has 0 atom stereocenters. The minimum atomic E-state index is 0.00675. The lowest BCUT2D eigenvalue weighted by molar-refractivity contribution is 0.0953. The Bertz CT molecular complexity index is 595. The Labute approximate surface area is 130 Å². The van der Waals surface area contributed by atoms with Gasteiger partial charge in [0.2, 0.25) is 0 Å². The molecule has 2 aromatic rings. The van der Waals surface area contributed by atoms with Gasteiger partial charge in [-0.25, -0.2) is 4.98 Å². The Kier molecular flexibility index (Phi) is 5.87. The van der Waals surface area contributed by atoms with Crippen LogP contribution in [-0.2, 0) is 12.8 Å². The quantitative estimate of drug-likeness (QED) is 0.631. The van der Waals surface area contributed by atoms with Crippen molar-refractivity contribution >= 4 is 17.7 Å². The zero-order valence-electron chi connectivity index (χ0n) is 12.5. The number of hydrogen-bond donors (Lipinski definition) is 1. The number of nitrogens with zero attached hydrogens (tertiary/aromatic N) is 2. The number of carbonyl (C=O) groups excluding carboxylic acids is 1. The van der Waals surface area contributed by atoms with Crippen LogP contribution in [0.3, 0.4) is 0 Å². The third kappa shape index (κ3) is 4.63. The molecule has 0 fully saturated rings. The van der Waals surface area contributed by atoms with E-state index in [4.69, 9.17) is 0 Å². The van der Waals surface area contributed by atoms with Crippen LogP contribution in [0.2, 0.25) is 0 Å². The summed E-state index contributed by atoms with van der Waals surface area (Å²) in [6.07, 6.45) is 5.82. The second-order valence-electron chi connectivity index (χ2n) is 4.92. The summed E-state index contributed by atoms with van der Waals surface area (Å²) >= 11 is 1.67. The second-order valence-corrected chi connectivity index (χ2v) is 5.86. The molecule has 0 radical (unpaired) electrons. The van der Waals surface area contributed by atoms with Gasteiger partial charge in [-0.05, 0) is 24.1 Å². The van der Waals surface area contributed by atoms with Crippen LogP contribution in [0.15, 0.2) is 41.8 Å². The molecule has 0 spiro atoms. The standard InChI is InChI=1S/C16H21N3OS/c1-3-4-8-17-15(20)14-7-5-6-13(11-14)12-21-16-18-9-10-19(16)2/h5-7,9-11H,3-4,8,12H2,1-2H3,(H,17,20). The number of nitrogens with one attached hydrogen (secondary N) is 1. The van der Waals surface area contributed by atoms with Gasteiger partial charge in [0, 0.05) is 37.3 Å².